The summed E-state index contributed by atoms with van der Waals surface area (Å²) in [6.07, 6.45) is 10.8. The van der Waals surface area contributed by atoms with Gasteiger partial charge in [0.2, 0.25) is 0 Å². The summed E-state index contributed by atoms with van der Waals surface area (Å²) in [6, 6.07) is 0. The number of unbranched alkanes of at least 4 members (excludes halogenated alkanes) is 4. The molecule has 4 nitrogen and oxygen atoms in total. The molecule has 0 aromatic heterocycles. The highest BCUT2D eigenvalue weighted by Crippen LogP contribution is 2.33. The van der Waals surface area contributed by atoms with Gasteiger partial charge in [-0.15, -0.1) is 0 Å². The number of hydrogen-bond acceptors (Lipinski definition) is 4. The van der Waals surface area contributed by atoms with Crippen molar-refractivity contribution in [2.24, 2.45) is 11.8 Å². The maximum Gasteiger partial charge on any atom is 0.303 e. The van der Waals surface area contributed by atoms with Crippen molar-refractivity contribution in [3.63, 3.8) is 0 Å². The van der Waals surface area contributed by atoms with Gasteiger partial charge >= 0.3 is 5.97 Å². The van der Waals surface area contributed by atoms with Crippen LogP contribution in [0.15, 0.2) is 12.2 Å². The van der Waals surface area contributed by atoms with Crippen molar-refractivity contribution in [2.45, 2.75) is 58.3 Å². The Labute approximate surface area is 151 Å². The molecule has 140 valence electrons. The molecular formula is C18H32O4S2. The average molecular weight is 377 g/mol. The van der Waals surface area contributed by atoms with Gasteiger partial charge in [-0.25, -0.2) is 8.42 Å². The third-order valence-electron chi connectivity index (χ3n) is 4.47. The lowest BCUT2D eigenvalue weighted by molar-refractivity contribution is -0.137. The number of carboxylic acids is 1. The van der Waals surface area contributed by atoms with Crippen LogP contribution in [-0.4, -0.2) is 42.5 Å². The number of aliphatic carboxylic acids is 1. The zero-order valence-corrected chi connectivity index (χ0v) is 16.4. The van der Waals surface area contributed by atoms with Crippen molar-refractivity contribution in [3.8, 4) is 0 Å². The number of rotatable bonds is 13. The van der Waals surface area contributed by atoms with Gasteiger partial charge in [0, 0.05) is 6.42 Å². The number of carboxylic acid groups (broad SMARTS) is 1. The van der Waals surface area contributed by atoms with Gasteiger partial charge in [0.1, 0.15) is 0 Å². The summed E-state index contributed by atoms with van der Waals surface area (Å²) in [7, 11) is -2.93. The molecule has 0 aromatic carbocycles. The van der Waals surface area contributed by atoms with Crippen molar-refractivity contribution in [1.82, 2.24) is 0 Å². The number of allylic oxidation sites excluding steroid dienone is 2. The van der Waals surface area contributed by atoms with E-state index >= 15 is 0 Å². The van der Waals surface area contributed by atoms with Crippen LogP contribution in [0.3, 0.4) is 0 Å². The van der Waals surface area contributed by atoms with Crippen LogP contribution in [0, 0.1) is 11.8 Å². The number of thioether (sulfide) groups is 1. The van der Waals surface area contributed by atoms with E-state index in [1.54, 1.807) is 0 Å². The molecular weight excluding hydrogens is 344 g/mol. The van der Waals surface area contributed by atoms with Crippen molar-refractivity contribution >= 4 is 27.6 Å². The van der Waals surface area contributed by atoms with Crippen molar-refractivity contribution in [1.29, 1.82) is 0 Å². The van der Waals surface area contributed by atoms with E-state index in [0.717, 1.165) is 50.0 Å². The zero-order valence-electron chi connectivity index (χ0n) is 14.8. The molecule has 0 amide bonds. The lowest BCUT2D eigenvalue weighted by Gasteiger charge is -2.17. The molecule has 0 bridgehead atoms. The molecule has 1 rings (SSSR count). The topological polar surface area (TPSA) is 71.4 Å². The molecule has 0 unspecified atom stereocenters. The van der Waals surface area contributed by atoms with Crippen molar-refractivity contribution in [2.75, 3.05) is 23.0 Å². The Morgan fingerprint density at radius 1 is 1.12 bits per heavy atom. The van der Waals surface area contributed by atoms with Crippen LogP contribution in [0.25, 0.3) is 0 Å². The largest absolute Gasteiger partial charge is 0.481 e. The van der Waals surface area contributed by atoms with E-state index in [0.29, 0.717) is 23.8 Å². The van der Waals surface area contributed by atoms with Crippen LogP contribution in [0.5, 0.6) is 0 Å². The third kappa shape index (κ3) is 9.72. The highest BCUT2D eigenvalue weighted by atomic mass is 32.2. The van der Waals surface area contributed by atoms with Crippen LogP contribution >= 0.6 is 11.8 Å². The standard InChI is InChI=1S/C18H32O4S2/c1-2-3-4-9-12-24(21,22)15-17-14-23-13-16(17)10-7-5-6-8-11-18(19)20/h5,7,16-17H,2-4,6,8-15H2,1H3,(H,19,20)/b7-5-/t16-,17-/m0/s1. The van der Waals surface area contributed by atoms with E-state index in [-0.39, 0.29) is 12.3 Å². The Balaban J connectivity index is 2.31. The summed E-state index contributed by atoms with van der Waals surface area (Å²) in [5.74, 6) is 2.63. The minimum absolute atomic E-state index is 0.211. The molecule has 0 radical (unpaired) electrons. The van der Waals surface area contributed by atoms with Gasteiger partial charge in [0.25, 0.3) is 0 Å². The fourth-order valence-electron chi connectivity index (χ4n) is 3.01. The summed E-state index contributed by atoms with van der Waals surface area (Å²) >= 11 is 1.86. The Morgan fingerprint density at radius 3 is 2.58 bits per heavy atom. The molecule has 0 aromatic rings. The summed E-state index contributed by atoms with van der Waals surface area (Å²) in [5.41, 5.74) is 0. The van der Waals surface area contributed by atoms with Gasteiger partial charge in [-0.2, -0.15) is 11.8 Å². The van der Waals surface area contributed by atoms with E-state index in [2.05, 4.69) is 13.0 Å². The van der Waals surface area contributed by atoms with Crippen LogP contribution in [0.1, 0.15) is 58.3 Å². The molecule has 24 heavy (non-hydrogen) atoms. The summed E-state index contributed by atoms with van der Waals surface area (Å²) in [5, 5.41) is 8.59. The first-order chi connectivity index (χ1) is 11.4. The zero-order chi connectivity index (χ0) is 17.8. The lowest BCUT2D eigenvalue weighted by atomic mass is 9.94. The minimum Gasteiger partial charge on any atom is -0.481 e. The average Bonchev–Trinajstić information content (AvgIpc) is 2.93. The third-order valence-corrected chi connectivity index (χ3v) is 7.65. The highest BCUT2D eigenvalue weighted by molar-refractivity contribution is 7.99. The fourth-order valence-corrected chi connectivity index (χ4v) is 6.55. The number of hydrogen-bond donors (Lipinski definition) is 1. The monoisotopic (exact) mass is 376 g/mol. The summed E-state index contributed by atoms with van der Waals surface area (Å²) < 4.78 is 24.6. The molecule has 1 aliphatic heterocycles. The van der Waals surface area contributed by atoms with Crippen LogP contribution in [0.4, 0.5) is 0 Å². The molecule has 2 atom stereocenters. The van der Waals surface area contributed by atoms with E-state index in [1.807, 2.05) is 17.8 Å². The number of sulfone groups is 1. The van der Waals surface area contributed by atoms with Crippen molar-refractivity contribution in [3.05, 3.63) is 12.2 Å². The predicted molar refractivity (Wildman–Crippen MR) is 102 cm³/mol. The van der Waals surface area contributed by atoms with E-state index in [4.69, 9.17) is 5.11 Å². The van der Waals surface area contributed by atoms with Crippen molar-refractivity contribution < 1.29 is 18.3 Å². The highest BCUT2D eigenvalue weighted by Gasteiger charge is 2.30. The molecule has 0 spiro atoms. The maximum atomic E-state index is 12.3. The molecule has 1 fully saturated rings. The second-order valence-electron chi connectivity index (χ2n) is 6.73. The molecule has 1 N–H and O–H groups in total. The first-order valence-electron chi connectivity index (χ1n) is 9.09. The van der Waals surface area contributed by atoms with Gasteiger partial charge in [-0.3, -0.25) is 4.79 Å². The predicted octanol–water partition coefficient (Wildman–Crippen LogP) is 4.16. The maximum absolute atomic E-state index is 12.3. The van der Waals surface area contributed by atoms with E-state index < -0.39 is 15.8 Å². The Morgan fingerprint density at radius 2 is 1.88 bits per heavy atom. The molecule has 1 saturated heterocycles. The molecule has 0 aliphatic carbocycles. The fraction of sp³-hybridized carbons (Fsp3) is 0.833. The molecule has 0 saturated carbocycles. The normalized spacial score (nSPS) is 21.5. The first-order valence-corrected chi connectivity index (χ1v) is 12.1. The van der Waals surface area contributed by atoms with E-state index in [9.17, 15) is 13.2 Å². The van der Waals surface area contributed by atoms with Crippen LogP contribution in [-0.2, 0) is 14.6 Å². The van der Waals surface area contributed by atoms with Gasteiger partial charge in [-0.05, 0) is 49.0 Å². The Bertz CT molecular complexity index is 485. The minimum atomic E-state index is -2.93. The molecule has 1 heterocycles. The van der Waals surface area contributed by atoms with Crippen LogP contribution in [0.2, 0.25) is 0 Å². The number of carbonyl (C=O) groups is 1. The van der Waals surface area contributed by atoms with Gasteiger partial charge < -0.3 is 5.11 Å². The van der Waals surface area contributed by atoms with Gasteiger partial charge in [-0.1, -0.05) is 38.3 Å². The second kappa shape index (κ2) is 12.0. The first kappa shape index (κ1) is 21.6. The van der Waals surface area contributed by atoms with E-state index in [1.165, 1.54) is 0 Å². The summed E-state index contributed by atoms with van der Waals surface area (Å²) in [6.45, 7) is 2.13. The smallest absolute Gasteiger partial charge is 0.303 e. The SMILES string of the molecule is CCCCCCS(=O)(=O)C[C@@H]1CSC[C@@H]1C/C=C\CCCC(=O)O. The summed E-state index contributed by atoms with van der Waals surface area (Å²) in [4.78, 5) is 10.4. The van der Waals surface area contributed by atoms with Gasteiger partial charge in [0.05, 0.1) is 11.5 Å². The van der Waals surface area contributed by atoms with Gasteiger partial charge in [0.15, 0.2) is 9.84 Å². The quantitative estimate of drug-likeness (QED) is 0.386. The van der Waals surface area contributed by atoms with Crippen LogP contribution < -0.4 is 0 Å². The Hall–Kier alpha value is -0.490. The lowest BCUT2D eigenvalue weighted by Crippen LogP contribution is -2.24. The molecule has 1 aliphatic rings. The Kier molecular flexibility index (Phi) is 10.7. The molecule has 6 heteroatoms. The second-order valence-corrected chi connectivity index (χ2v) is 10.0.